The number of rotatable bonds is 1. The number of nitrogens with two attached hydrogens (primary N) is 1. The first-order valence-electron chi connectivity index (χ1n) is 3.58. The van der Waals surface area contributed by atoms with Crippen molar-refractivity contribution in [3.63, 3.8) is 0 Å². The van der Waals surface area contributed by atoms with Gasteiger partial charge in [-0.05, 0) is 0 Å². The summed E-state index contributed by atoms with van der Waals surface area (Å²) in [7, 11) is 0. The molecule has 0 saturated heterocycles. The Morgan fingerprint density at radius 1 is 1.73 bits per heavy atom. The fourth-order valence-corrected chi connectivity index (χ4v) is 1.20. The van der Waals surface area contributed by atoms with Crippen molar-refractivity contribution in [1.29, 1.82) is 0 Å². The molecule has 1 amide bonds. The van der Waals surface area contributed by atoms with Crippen LogP contribution in [-0.4, -0.2) is 23.4 Å². The Bertz CT molecular complexity index is 179. The van der Waals surface area contributed by atoms with Crippen LogP contribution in [0, 0.1) is 5.41 Å². The van der Waals surface area contributed by atoms with E-state index in [0.29, 0.717) is 6.42 Å². The second-order valence-electron chi connectivity index (χ2n) is 3.50. The van der Waals surface area contributed by atoms with Crippen molar-refractivity contribution in [1.82, 2.24) is 0 Å². The molecule has 4 nitrogen and oxygen atoms in total. The zero-order chi connectivity index (χ0) is 8.65. The van der Waals surface area contributed by atoms with Crippen molar-refractivity contribution in [3.05, 3.63) is 0 Å². The first-order valence-corrected chi connectivity index (χ1v) is 3.58. The fourth-order valence-electron chi connectivity index (χ4n) is 1.20. The Morgan fingerprint density at radius 2 is 2.27 bits per heavy atom. The second-order valence-corrected chi connectivity index (χ2v) is 3.50. The number of amides is 1. The highest BCUT2D eigenvalue weighted by Crippen LogP contribution is 2.42. The zero-order valence-electron chi connectivity index (χ0n) is 6.70. The molecule has 0 bridgehead atoms. The van der Waals surface area contributed by atoms with E-state index in [1.54, 1.807) is 0 Å². The maximum Gasteiger partial charge on any atom is 0.404 e. The lowest BCUT2D eigenvalue weighted by Gasteiger charge is -2.47. The Kier molecular flexibility index (Phi) is 1.80. The predicted octanol–water partition coefficient (Wildman–Crippen LogP) is 0.241. The molecule has 11 heavy (non-hydrogen) atoms. The number of hydrogen-bond donors (Lipinski definition) is 2. The van der Waals surface area contributed by atoms with Crippen LogP contribution >= 0.6 is 0 Å². The molecule has 64 valence electrons. The number of carbonyl (C=O) groups is 1. The molecule has 0 aromatic carbocycles. The minimum absolute atomic E-state index is 0.227. The molecule has 1 fully saturated rings. The molecule has 0 unspecified atom stereocenters. The summed E-state index contributed by atoms with van der Waals surface area (Å²) in [6, 6.07) is 0. The highest BCUT2D eigenvalue weighted by Gasteiger charge is 2.49. The van der Waals surface area contributed by atoms with E-state index in [-0.39, 0.29) is 17.6 Å². The van der Waals surface area contributed by atoms with Crippen molar-refractivity contribution in [2.24, 2.45) is 11.1 Å². The van der Waals surface area contributed by atoms with E-state index in [0.717, 1.165) is 0 Å². The van der Waals surface area contributed by atoms with E-state index in [2.05, 4.69) is 0 Å². The molecular formula is C7H13NO3. The maximum absolute atomic E-state index is 10.3. The zero-order valence-corrected chi connectivity index (χ0v) is 6.70. The van der Waals surface area contributed by atoms with Crippen LogP contribution in [0.15, 0.2) is 0 Å². The van der Waals surface area contributed by atoms with Gasteiger partial charge < -0.3 is 15.6 Å². The van der Waals surface area contributed by atoms with Gasteiger partial charge in [0.25, 0.3) is 0 Å². The molecular weight excluding hydrogens is 146 g/mol. The fraction of sp³-hybridized carbons (Fsp3) is 0.857. The van der Waals surface area contributed by atoms with E-state index in [9.17, 15) is 9.90 Å². The van der Waals surface area contributed by atoms with Crippen molar-refractivity contribution < 1.29 is 14.6 Å². The lowest BCUT2D eigenvalue weighted by molar-refractivity contribution is -0.147. The topological polar surface area (TPSA) is 72.5 Å². The van der Waals surface area contributed by atoms with Gasteiger partial charge >= 0.3 is 6.09 Å². The average Bonchev–Trinajstić information content (AvgIpc) is 1.87. The molecule has 1 aliphatic carbocycles. The van der Waals surface area contributed by atoms with Gasteiger partial charge in [-0.2, -0.15) is 0 Å². The van der Waals surface area contributed by atoms with Crippen LogP contribution in [0.1, 0.15) is 20.3 Å². The van der Waals surface area contributed by atoms with E-state index in [1.807, 2.05) is 13.8 Å². The molecule has 0 aromatic rings. The molecule has 2 atom stereocenters. The van der Waals surface area contributed by atoms with Gasteiger partial charge in [0.05, 0.1) is 6.10 Å². The summed E-state index contributed by atoms with van der Waals surface area (Å²) in [4.78, 5) is 10.3. The summed E-state index contributed by atoms with van der Waals surface area (Å²) in [5, 5.41) is 9.23. The number of carbonyl (C=O) groups excluding carboxylic acids is 1. The van der Waals surface area contributed by atoms with Crippen LogP contribution in [0.2, 0.25) is 0 Å². The highest BCUT2D eigenvalue weighted by molar-refractivity contribution is 5.65. The minimum atomic E-state index is -0.769. The normalized spacial score (nSPS) is 34.1. The summed E-state index contributed by atoms with van der Waals surface area (Å²) < 4.78 is 4.75. The standard InChI is InChI=1S/C7H13NO3/c1-7(2)4(9)3-5(7)11-6(8)10/h4-5,9H,3H2,1-2H3,(H2,8,10)/t4-,5-/m0/s1. The Morgan fingerprint density at radius 3 is 2.55 bits per heavy atom. The van der Waals surface area contributed by atoms with Crippen LogP contribution in [-0.2, 0) is 4.74 Å². The molecule has 0 aliphatic heterocycles. The summed E-state index contributed by atoms with van der Waals surface area (Å²) >= 11 is 0. The van der Waals surface area contributed by atoms with Gasteiger partial charge in [0.1, 0.15) is 6.10 Å². The van der Waals surface area contributed by atoms with Crippen molar-refractivity contribution in [2.75, 3.05) is 0 Å². The van der Waals surface area contributed by atoms with Gasteiger partial charge in [0, 0.05) is 11.8 Å². The third-order valence-corrected chi connectivity index (χ3v) is 2.38. The molecule has 1 aliphatic rings. The average molecular weight is 159 g/mol. The molecule has 0 spiro atoms. The summed E-state index contributed by atoms with van der Waals surface area (Å²) in [5.74, 6) is 0. The second kappa shape index (κ2) is 2.37. The predicted molar refractivity (Wildman–Crippen MR) is 38.9 cm³/mol. The maximum atomic E-state index is 10.3. The third-order valence-electron chi connectivity index (χ3n) is 2.38. The van der Waals surface area contributed by atoms with Crippen LogP contribution in [0.25, 0.3) is 0 Å². The Labute approximate surface area is 65.3 Å². The molecule has 0 radical (unpaired) electrons. The molecule has 1 saturated carbocycles. The lowest BCUT2D eigenvalue weighted by Crippen LogP contribution is -2.55. The van der Waals surface area contributed by atoms with E-state index < -0.39 is 6.09 Å². The summed E-state index contributed by atoms with van der Waals surface area (Å²) in [6.07, 6.45) is -0.882. The quantitative estimate of drug-likeness (QED) is 0.575. The lowest BCUT2D eigenvalue weighted by atomic mass is 9.66. The largest absolute Gasteiger partial charge is 0.446 e. The van der Waals surface area contributed by atoms with Crippen molar-refractivity contribution >= 4 is 6.09 Å². The van der Waals surface area contributed by atoms with Gasteiger partial charge in [-0.1, -0.05) is 13.8 Å². The first-order chi connectivity index (χ1) is 4.94. The number of aliphatic hydroxyl groups excluding tert-OH is 1. The summed E-state index contributed by atoms with van der Waals surface area (Å²) in [5.41, 5.74) is 4.49. The summed E-state index contributed by atoms with van der Waals surface area (Å²) in [6.45, 7) is 3.68. The van der Waals surface area contributed by atoms with Crippen LogP contribution in [0.3, 0.4) is 0 Å². The van der Waals surface area contributed by atoms with Crippen LogP contribution < -0.4 is 5.73 Å². The monoisotopic (exact) mass is 159 g/mol. The molecule has 4 heteroatoms. The van der Waals surface area contributed by atoms with Gasteiger partial charge in [0.15, 0.2) is 0 Å². The van der Waals surface area contributed by atoms with Gasteiger partial charge in [-0.3, -0.25) is 0 Å². The van der Waals surface area contributed by atoms with Crippen molar-refractivity contribution in [2.45, 2.75) is 32.5 Å². The van der Waals surface area contributed by atoms with E-state index in [4.69, 9.17) is 10.5 Å². The van der Waals surface area contributed by atoms with Gasteiger partial charge in [0.2, 0.25) is 0 Å². The first kappa shape index (κ1) is 8.33. The number of hydrogen-bond acceptors (Lipinski definition) is 3. The molecule has 0 aromatic heterocycles. The number of ether oxygens (including phenoxy) is 1. The highest BCUT2D eigenvalue weighted by atomic mass is 16.6. The molecule has 0 heterocycles. The SMILES string of the molecule is CC1(C)[C@@H](OC(N)=O)C[C@@H]1O. The Balaban J connectivity index is 2.46. The van der Waals surface area contributed by atoms with Crippen LogP contribution in [0.5, 0.6) is 0 Å². The smallest absolute Gasteiger partial charge is 0.404 e. The number of primary amides is 1. The van der Waals surface area contributed by atoms with Gasteiger partial charge in [-0.15, -0.1) is 0 Å². The van der Waals surface area contributed by atoms with E-state index >= 15 is 0 Å². The number of aliphatic hydroxyl groups is 1. The van der Waals surface area contributed by atoms with Crippen LogP contribution in [0.4, 0.5) is 4.79 Å². The van der Waals surface area contributed by atoms with Crippen molar-refractivity contribution in [3.8, 4) is 0 Å². The van der Waals surface area contributed by atoms with E-state index in [1.165, 1.54) is 0 Å². The van der Waals surface area contributed by atoms with Gasteiger partial charge in [-0.25, -0.2) is 4.79 Å². The third kappa shape index (κ3) is 1.30. The molecule has 3 N–H and O–H groups in total. The molecule has 1 rings (SSSR count). The minimum Gasteiger partial charge on any atom is -0.446 e. The Hall–Kier alpha value is -0.770.